The van der Waals surface area contributed by atoms with Gasteiger partial charge < -0.3 is 10.2 Å². The van der Waals surface area contributed by atoms with Crippen LogP contribution in [0.25, 0.3) is 0 Å². The largest absolute Gasteiger partial charge is 0.339 e. The van der Waals surface area contributed by atoms with Crippen LogP contribution >= 0.6 is 11.5 Å². The summed E-state index contributed by atoms with van der Waals surface area (Å²) in [5.74, 6) is -0.283. The molecule has 0 bridgehead atoms. The molecule has 1 saturated heterocycles. The number of aromatic nitrogens is 2. The van der Waals surface area contributed by atoms with Crippen molar-refractivity contribution in [2.75, 3.05) is 6.54 Å². The fraction of sp³-hybridized carbons (Fsp3) is 0.600. The Kier molecular flexibility index (Phi) is 3.37. The number of hydrogen-bond donors (Lipinski definition) is 1. The molecule has 6 nitrogen and oxygen atoms in total. The molecule has 0 aromatic carbocycles. The topological polar surface area (TPSA) is 75.2 Å². The summed E-state index contributed by atoms with van der Waals surface area (Å²) < 4.78 is 3.62. The van der Waals surface area contributed by atoms with Gasteiger partial charge in [0.2, 0.25) is 5.91 Å². The summed E-state index contributed by atoms with van der Waals surface area (Å²) in [6, 6.07) is -0.235. The van der Waals surface area contributed by atoms with Crippen LogP contribution in [0.4, 0.5) is 0 Å². The van der Waals surface area contributed by atoms with E-state index in [1.807, 2.05) is 13.8 Å². The Morgan fingerprint density at radius 2 is 2.41 bits per heavy atom. The van der Waals surface area contributed by atoms with Crippen LogP contribution in [-0.4, -0.2) is 44.9 Å². The molecule has 1 aliphatic rings. The van der Waals surface area contributed by atoms with E-state index in [0.717, 1.165) is 11.5 Å². The molecule has 0 spiro atoms. The fourth-order valence-corrected chi connectivity index (χ4v) is 2.26. The Bertz CT molecular complexity index is 418. The molecule has 0 aliphatic carbocycles. The molecular weight excluding hydrogens is 240 g/mol. The van der Waals surface area contributed by atoms with Gasteiger partial charge in [0.25, 0.3) is 5.91 Å². The van der Waals surface area contributed by atoms with Crippen molar-refractivity contribution >= 4 is 23.3 Å². The minimum absolute atomic E-state index is 0.00850. The summed E-state index contributed by atoms with van der Waals surface area (Å²) in [5.41, 5.74) is 0. The maximum atomic E-state index is 11.9. The molecule has 1 atom stereocenters. The third-order valence-corrected chi connectivity index (χ3v) is 3.42. The predicted molar refractivity (Wildman–Crippen MR) is 62.6 cm³/mol. The lowest BCUT2D eigenvalue weighted by molar-refractivity contribution is -0.130. The van der Waals surface area contributed by atoms with Gasteiger partial charge in [0.05, 0.1) is 6.20 Å². The Morgan fingerprint density at radius 3 is 2.94 bits per heavy atom. The predicted octanol–water partition coefficient (Wildman–Crippen LogP) is 0.277. The standard InChI is InChI=1S/C10H14N4O2S/c1-6(2)14-4-3-7(10(14)16)12-9(15)8-5-11-13-17-8/h5-7H,3-4H2,1-2H3,(H,12,15). The number of amides is 2. The summed E-state index contributed by atoms with van der Waals surface area (Å²) in [6.07, 6.45) is 2.06. The smallest absolute Gasteiger partial charge is 0.265 e. The summed E-state index contributed by atoms with van der Waals surface area (Å²) in [6.45, 7) is 4.63. The molecule has 0 saturated carbocycles. The second-order valence-corrected chi connectivity index (χ2v) is 5.01. The van der Waals surface area contributed by atoms with Gasteiger partial charge in [-0.2, -0.15) is 0 Å². The van der Waals surface area contributed by atoms with Crippen LogP contribution in [0.2, 0.25) is 0 Å². The van der Waals surface area contributed by atoms with Gasteiger partial charge >= 0.3 is 0 Å². The number of hydrogen-bond acceptors (Lipinski definition) is 5. The molecule has 2 amide bonds. The third-order valence-electron chi connectivity index (χ3n) is 2.75. The van der Waals surface area contributed by atoms with E-state index in [4.69, 9.17) is 0 Å². The van der Waals surface area contributed by atoms with Crippen LogP contribution in [0.1, 0.15) is 29.9 Å². The van der Waals surface area contributed by atoms with Gasteiger partial charge in [0, 0.05) is 12.6 Å². The second kappa shape index (κ2) is 4.79. The van der Waals surface area contributed by atoms with Gasteiger partial charge in [-0.25, -0.2) is 0 Å². The van der Waals surface area contributed by atoms with Gasteiger partial charge in [-0.3, -0.25) is 9.59 Å². The van der Waals surface area contributed by atoms with Crippen molar-refractivity contribution in [2.45, 2.75) is 32.4 Å². The SMILES string of the molecule is CC(C)N1CCC(NC(=O)c2cnns2)C1=O. The van der Waals surface area contributed by atoms with Crippen LogP contribution in [0.5, 0.6) is 0 Å². The quantitative estimate of drug-likeness (QED) is 0.840. The maximum Gasteiger partial charge on any atom is 0.265 e. The average Bonchev–Trinajstić information content (AvgIpc) is 2.89. The Labute approximate surface area is 103 Å². The Balaban J connectivity index is 1.97. The van der Waals surface area contributed by atoms with Crippen molar-refractivity contribution in [3.8, 4) is 0 Å². The van der Waals surface area contributed by atoms with Crippen molar-refractivity contribution in [3.05, 3.63) is 11.1 Å². The molecule has 1 N–H and O–H groups in total. The first kappa shape index (κ1) is 12.0. The van der Waals surface area contributed by atoms with Crippen molar-refractivity contribution in [2.24, 2.45) is 0 Å². The molecule has 1 aromatic heterocycles. The van der Waals surface area contributed by atoms with E-state index in [9.17, 15) is 9.59 Å². The maximum absolute atomic E-state index is 11.9. The molecule has 1 aliphatic heterocycles. The number of nitrogens with one attached hydrogen (secondary N) is 1. The monoisotopic (exact) mass is 254 g/mol. The van der Waals surface area contributed by atoms with Crippen molar-refractivity contribution in [3.63, 3.8) is 0 Å². The van der Waals surface area contributed by atoms with E-state index in [0.29, 0.717) is 17.8 Å². The van der Waals surface area contributed by atoms with Crippen LogP contribution < -0.4 is 5.32 Å². The lowest BCUT2D eigenvalue weighted by Crippen LogP contribution is -2.43. The molecule has 0 radical (unpaired) electrons. The first-order valence-electron chi connectivity index (χ1n) is 5.48. The number of carbonyl (C=O) groups is 2. The highest BCUT2D eigenvalue weighted by atomic mass is 32.1. The molecule has 17 heavy (non-hydrogen) atoms. The molecule has 1 unspecified atom stereocenters. The first-order valence-corrected chi connectivity index (χ1v) is 6.25. The van der Waals surface area contributed by atoms with E-state index in [1.54, 1.807) is 4.90 Å². The third kappa shape index (κ3) is 2.44. The normalized spacial score (nSPS) is 20.1. The zero-order valence-electron chi connectivity index (χ0n) is 9.71. The fourth-order valence-electron chi connectivity index (χ4n) is 1.85. The van der Waals surface area contributed by atoms with Gasteiger partial charge in [-0.15, -0.1) is 5.10 Å². The van der Waals surface area contributed by atoms with E-state index in [1.165, 1.54) is 6.20 Å². The molecule has 1 fully saturated rings. The summed E-state index contributed by atoms with van der Waals surface area (Å²) >= 11 is 1.02. The highest BCUT2D eigenvalue weighted by Gasteiger charge is 2.34. The Hall–Kier alpha value is -1.50. The number of carbonyl (C=O) groups excluding carboxylic acids is 2. The van der Waals surface area contributed by atoms with E-state index >= 15 is 0 Å². The molecule has 2 rings (SSSR count). The molecule has 7 heteroatoms. The Morgan fingerprint density at radius 1 is 1.65 bits per heavy atom. The minimum Gasteiger partial charge on any atom is -0.339 e. The van der Waals surface area contributed by atoms with Gasteiger partial charge in [0.1, 0.15) is 10.9 Å². The molecule has 92 valence electrons. The van der Waals surface area contributed by atoms with E-state index < -0.39 is 6.04 Å². The van der Waals surface area contributed by atoms with Crippen LogP contribution in [-0.2, 0) is 4.79 Å². The lowest BCUT2D eigenvalue weighted by atomic mass is 10.2. The highest BCUT2D eigenvalue weighted by molar-refractivity contribution is 7.07. The number of rotatable bonds is 3. The van der Waals surface area contributed by atoms with E-state index in [2.05, 4.69) is 14.9 Å². The molecular formula is C10H14N4O2S. The van der Waals surface area contributed by atoms with Crippen molar-refractivity contribution in [1.29, 1.82) is 0 Å². The van der Waals surface area contributed by atoms with Crippen molar-refractivity contribution < 1.29 is 9.59 Å². The molecule has 2 heterocycles. The number of likely N-dealkylation sites (tertiary alicyclic amines) is 1. The molecule has 1 aromatic rings. The summed E-state index contributed by atoms with van der Waals surface area (Å²) in [4.78, 5) is 25.9. The van der Waals surface area contributed by atoms with Crippen LogP contribution in [0.3, 0.4) is 0 Å². The van der Waals surface area contributed by atoms with Gasteiger partial charge in [0.15, 0.2) is 0 Å². The number of nitrogens with zero attached hydrogens (tertiary/aromatic N) is 3. The summed E-state index contributed by atoms with van der Waals surface area (Å²) in [7, 11) is 0. The van der Waals surface area contributed by atoms with Crippen LogP contribution in [0, 0.1) is 0 Å². The zero-order valence-corrected chi connectivity index (χ0v) is 10.5. The minimum atomic E-state index is -0.410. The van der Waals surface area contributed by atoms with E-state index in [-0.39, 0.29) is 17.9 Å². The lowest BCUT2D eigenvalue weighted by Gasteiger charge is -2.20. The highest BCUT2D eigenvalue weighted by Crippen LogP contribution is 2.15. The van der Waals surface area contributed by atoms with Gasteiger partial charge in [-0.05, 0) is 31.8 Å². The van der Waals surface area contributed by atoms with Crippen LogP contribution in [0.15, 0.2) is 6.20 Å². The van der Waals surface area contributed by atoms with Crippen molar-refractivity contribution in [1.82, 2.24) is 19.8 Å². The zero-order chi connectivity index (χ0) is 12.4. The summed E-state index contributed by atoms with van der Waals surface area (Å²) in [5, 5.41) is 6.31. The first-order chi connectivity index (χ1) is 8.09. The average molecular weight is 254 g/mol. The van der Waals surface area contributed by atoms with Gasteiger partial charge in [-0.1, -0.05) is 4.49 Å². The second-order valence-electron chi connectivity index (χ2n) is 4.22.